The Hall–Kier alpha value is -2.82. The van der Waals surface area contributed by atoms with Crippen LogP contribution < -0.4 is 10.6 Å². The monoisotopic (exact) mass is 319 g/mol. The van der Waals surface area contributed by atoms with Crippen LogP contribution >= 0.6 is 0 Å². The predicted molar refractivity (Wildman–Crippen MR) is 97.2 cm³/mol. The van der Waals surface area contributed by atoms with Crippen molar-refractivity contribution in [1.29, 1.82) is 0 Å². The van der Waals surface area contributed by atoms with Crippen LogP contribution in [0.5, 0.6) is 0 Å². The topological polar surface area (TPSA) is 52.0 Å². The van der Waals surface area contributed by atoms with Gasteiger partial charge >= 0.3 is 0 Å². The molecule has 5 heteroatoms. The first-order chi connectivity index (χ1) is 11.9. The summed E-state index contributed by atoms with van der Waals surface area (Å²) >= 11 is 0. The van der Waals surface area contributed by atoms with Gasteiger partial charge < -0.3 is 10.6 Å². The van der Waals surface area contributed by atoms with Crippen molar-refractivity contribution in [2.24, 2.45) is 9.98 Å². The van der Waals surface area contributed by atoms with Crippen LogP contribution in [0.25, 0.3) is 0 Å². The molecule has 2 aliphatic heterocycles. The van der Waals surface area contributed by atoms with Crippen molar-refractivity contribution in [3.8, 4) is 0 Å². The molecule has 4 rings (SSSR count). The smallest absolute Gasteiger partial charge is 0.201 e. The summed E-state index contributed by atoms with van der Waals surface area (Å²) in [5.74, 6) is 1.82. The highest BCUT2D eigenvalue weighted by atomic mass is 15.4. The highest BCUT2D eigenvalue weighted by Gasteiger charge is 2.26. The van der Waals surface area contributed by atoms with Gasteiger partial charge in [-0.05, 0) is 11.1 Å². The van der Waals surface area contributed by atoms with Crippen molar-refractivity contribution in [1.82, 2.24) is 15.5 Å². The van der Waals surface area contributed by atoms with E-state index in [0.717, 1.165) is 38.1 Å². The molecule has 5 nitrogen and oxygen atoms in total. The Morgan fingerprint density at radius 2 is 1.54 bits per heavy atom. The van der Waals surface area contributed by atoms with Crippen LogP contribution in [-0.4, -0.2) is 43.0 Å². The first-order valence-corrected chi connectivity index (χ1v) is 8.38. The lowest BCUT2D eigenvalue weighted by Gasteiger charge is -2.26. The number of aliphatic imine (C=N–C) groups is 2. The molecule has 2 aromatic carbocycles. The molecule has 0 saturated heterocycles. The Balaban J connectivity index is 1.62. The van der Waals surface area contributed by atoms with Gasteiger partial charge in [0.2, 0.25) is 11.9 Å². The van der Waals surface area contributed by atoms with E-state index in [1.165, 1.54) is 11.1 Å². The van der Waals surface area contributed by atoms with E-state index in [0.29, 0.717) is 0 Å². The molecule has 0 amide bonds. The van der Waals surface area contributed by atoms with Crippen LogP contribution in [0, 0.1) is 0 Å². The largest absolute Gasteiger partial charge is 0.354 e. The first kappa shape index (κ1) is 14.8. The average Bonchev–Trinajstić information content (AvgIpc) is 3.32. The molecule has 0 bridgehead atoms. The van der Waals surface area contributed by atoms with Crippen molar-refractivity contribution in [3.05, 3.63) is 71.8 Å². The molecule has 24 heavy (non-hydrogen) atoms. The second-order valence-corrected chi connectivity index (χ2v) is 5.89. The minimum absolute atomic E-state index is 0.0637. The van der Waals surface area contributed by atoms with Crippen molar-refractivity contribution in [3.63, 3.8) is 0 Å². The summed E-state index contributed by atoms with van der Waals surface area (Å²) in [6, 6.07) is 21.0. The molecule has 2 aliphatic rings. The van der Waals surface area contributed by atoms with E-state index >= 15 is 0 Å². The van der Waals surface area contributed by atoms with Crippen LogP contribution in [0.3, 0.4) is 0 Å². The zero-order valence-corrected chi connectivity index (χ0v) is 13.5. The van der Waals surface area contributed by atoms with E-state index in [2.05, 4.69) is 74.0 Å². The molecule has 0 unspecified atom stereocenters. The van der Waals surface area contributed by atoms with Crippen LogP contribution in [-0.2, 0) is 0 Å². The summed E-state index contributed by atoms with van der Waals surface area (Å²) < 4.78 is 0. The van der Waals surface area contributed by atoms with Gasteiger partial charge in [0, 0.05) is 13.1 Å². The van der Waals surface area contributed by atoms with E-state index in [-0.39, 0.29) is 6.04 Å². The van der Waals surface area contributed by atoms with Crippen LogP contribution in [0.4, 0.5) is 0 Å². The molecule has 2 heterocycles. The van der Waals surface area contributed by atoms with E-state index in [1.54, 1.807) is 0 Å². The van der Waals surface area contributed by atoms with Crippen molar-refractivity contribution < 1.29 is 0 Å². The molecule has 0 spiro atoms. The van der Waals surface area contributed by atoms with Crippen molar-refractivity contribution in [2.45, 2.75) is 6.04 Å². The summed E-state index contributed by atoms with van der Waals surface area (Å²) in [6.45, 7) is 3.39. The lowest BCUT2D eigenvalue weighted by Crippen LogP contribution is -2.47. The predicted octanol–water partition coefficient (Wildman–Crippen LogP) is 2.00. The zero-order valence-electron chi connectivity index (χ0n) is 13.5. The quantitative estimate of drug-likeness (QED) is 0.910. The van der Waals surface area contributed by atoms with E-state index in [4.69, 9.17) is 0 Å². The standard InChI is InChI=1S/C19H21N5/c1-3-7-15(8-4-1)17(16-9-5-2-6-10-16)23-19-22-13-14-24(19)18-20-11-12-21-18/h1-10,17H,11-14H2,(H,20,21)(H,22,23). The lowest BCUT2D eigenvalue weighted by atomic mass is 9.99. The molecule has 2 N–H and O–H groups in total. The number of rotatable bonds is 3. The molecule has 122 valence electrons. The molecule has 0 atom stereocenters. The molecule has 2 aromatic rings. The fourth-order valence-corrected chi connectivity index (χ4v) is 3.12. The van der Waals surface area contributed by atoms with E-state index in [1.807, 2.05) is 12.1 Å². The van der Waals surface area contributed by atoms with Gasteiger partial charge in [-0.15, -0.1) is 0 Å². The number of nitrogens with one attached hydrogen (secondary N) is 2. The second kappa shape index (κ2) is 6.74. The number of guanidine groups is 2. The lowest BCUT2D eigenvalue weighted by molar-refractivity contribution is 0.600. The first-order valence-electron chi connectivity index (χ1n) is 8.38. The van der Waals surface area contributed by atoms with Gasteiger partial charge in [0.1, 0.15) is 0 Å². The van der Waals surface area contributed by atoms with Crippen LogP contribution in [0.2, 0.25) is 0 Å². The highest BCUT2D eigenvalue weighted by molar-refractivity contribution is 6.00. The highest BCUT2D eigenvalue weighted by Crippen LogP contribution is 2.22. The number of nitrogens with zero attached hydrogens (tertiary/aromatic N) is 3. The van der Waals surface area contributed by atoms with Crippen molar-refractivity contribution in [2.75, 3.05) is 26.2 Å². The summed E-state index contributed by atoms with van der Waals surface area (Å²) in [4.78, 5) is 11.3. The Morgan fingerprint density at radius 1 is 0.875 bits per heavy atom. The minimum atomic E-state index is 0.0637. The van der Waals surface area contributed by atoms with E-state index < -0.39 is 0 Å². The molecule has 0 aromatic heterocycles. The maximum Gasteiger partial charge on any atom is 0.201 e. The van der Waals surface area contributed by atoms with Crippen molar-refractivity contribution >= 4 is 11.9 Å². The number of hydrogen-bond donors (Lipinski definition) is 2. The third-order valence-electron chi connectivity index (χ3n) is 4.29. The maximum atomic E-state index is 4.66. The zero-order chi connectivity index (χ0) is 16.2. The fourth-order valence-electron chi connectivity index (χ4n) is 3.12. The Bertz CT molecular complexity index is 699. The summed E-state index contributed by atoms with van der Waals surface area (Å²) in [5, 5.41) is 6.97. The summed E-state index contributed by atoms with van der Waals surface area (Å²) in [6.07, 6.45) is 0. The van der Waals surface area contributed by atoms with Gasteiger partial charge in [-0.25, -0.2) is 0 Å². The number of hydrogen-bond acceptors (Lipinski definition) is 5. The molecule has 0 saturated carbocycles. The molecule has 0 radical (unpaired) electrons. The second-order valence-electron chi connectivity index (χ2n) is 5.89. The third-order valence-corrected chi connectivity index (χ3v) is 4.29. The Kier molecular flexibility index (Phi) is 4.14. The van der Waals surface area contributed by atoms with Gasteiger partial charge in [-0.1, -0.05) is 60.7 Å². The fraction of sp³-hybridized carbons (Fsp3) is 0.263. The molecular formula is C19H21N5. The van der Waals surface area contributed by atoms with E-state index in [9.17, 15) is 0 Å². The maximum absolute atomic E-state index is 4.66. The summed E-state index contributed by atoms with van der Waals surface area (Å²) in [5.41, 5.74) is 2.44. The van der Waals surface area contributed by atoms with Gasteiger partial charge in [0.15, 0.2) is 0 Å². The van der Waals surface area contributed by atoms with Gasteiger partial charge in [-0.3, -0.25) is 14.9 Å². The normalized spacial score (nSPS) is 16.8. The number of benzene rings is 2. The SMILES string of the molecule is c1ccc(C(NC2=NCCN2C2=NCCN2)c2ccccc2)cc1. The third kappa shape index (κ3) is 2.97. The Morgan fingerprint density at radius 3 is 2.12 bits per heavy atom. The van der Waals surface area contributed by atoms with Crippen LogP contribution in [0.15, 0.2) is 70.6 Å². The molecular weight excluding hydrogens is 298 g/mol. The van der Waals surface area contributed by atoms with Gasteiger partial charge in [0.25, 0.3) is 0 Å². The van der Waals surface area contributed by atoms with Gasteiger partial charge in [-0.2, -0.15) is 0 Å². The summed E-state index contributed by atoms with van der Waals surface area (Å²) in [7, 11) is 0. The Labute approximate surface area is 142 Å². The molecule has 0 fully saturated rings. The van der Waals surface area contributed by atoms with Gasteiger partial charge in [0.05, 0.1) is 19.1 Å². The molecule has 0 aliphatic carbocycles. The average molecular weight is 319 g/mol. The van der Waals surface area contributed by atoms with Crippen LogP contribution in [0.1, 0.15) is 17.2 Å². The minimum Gasteiger partial charge on any atom is -0.354 e.